The average molecular weight is 366 g/mol. The van der Waals surface area contributed by atoms with Crippen LogP contribution in [0.2, 0.25) is 0 Å². The van der Waals surface area contributed by atoms with Gasteiger partial charge in [-0.2, -0.15) is 8.42 Å². The van der Waals surface area contributed by atoms with Crippen molar-refractivity contribution in [2.24, 2.45) is 0 Å². The fraction of sp³-hybridized carbons (Fsp3) is 0.235. The van der Waals surface area contributed by atoms with Crippen molar-refractivity contribution >= 4 is 27.5 Å². The smallest absolute Gasteiger partial charge is 0.303 e. The van der Waals surface area contributed by atoms with Crippen LogP contribution in [0.3, 0.4) is 0 Å². The largest absolute Gasteiger partial charge is 0.481 e. The Kier molecular flexibility index (Phi) is 7.41. The molecule has 0 atom stereocenters. The summed E-state index contributed by atoms with van der Waals surface area (Å²) < 4.78 is 30.0. The number of nitrogens with two attached hydrogens (primary N) is 2. The van der Waals surface area contributed by atoms with Gasteiger partial charge in [0.25, 0.3) is 10.1 Å². The standard InChI is InChI=1S/C10H13NO2.C7H9NO3S/c11-9-6-4-8(5-7-9)2-1-3-10(12)13;1-5-2-3-6(8)7(4-5)12(9,10)11/h4-7H,1-3,11H2,(H,12,13);2-4H,8H2,1H3,(H,9,10,11). The molecule has 0 aliphatic heterocycles. The summed E-state index contributed by atoms with van der Waals surface area (Å²) in [7, 11) is -4.18. The van der Waals surface area contributed by atoms with Crippen molar-refractivity contribution in [3.63, 3.8) is 0 Å². The fourth-order valence-electron chi connectivity index (χ4n) is 1.99. The van der Waals surface area contributed by atoms with E-state index in [0.717, 1.165) is 23.2 Å². The third kappa shape index (κ3) is 7.69. The lowest BCUT2D eigenvalue weighted by molar-refractivity contribution is -0.137. The summed E-state index contributed by atoms with van der Waals surface area (Å²) in [6, 6.07) is 12.0. The van der Waals surface area contributed by atoms with Crippen LogP contribution >= 0.6 is 0 Å². The minimum atomic E-state index is -4.18. The van der Waals surface area contributed by atoms with E-state index in [4.69, 9.17) is 21.1 Å². The number of carboxylic acids is 1. The summed E-state index contributed by atoms with van der Waals surface area (Å²) in [5.41, 5.74) is 13.5. The maximum absolute atomic E-state index is 10.7. The highest BCUT2D eigenvalue weighted by Gasteiger charge is 2.12. The van der Waals surface area contributed by atoms with Crippen molar-refractivity contribution in [2.75, 3.05) is 11.5 Å². The van der Waals surface area contributed by atoms with Gasteiger partial charge in [0.2, 0.25) is 0 Å². The van der Waals surface area contributed by atoms with Crippen LogP contribution in [0.4, 0.5) is 11.4 Å². The van der Waals surface area contributed by atoms with E-state index in [2.05, 4.69) is 0 Å². The first-order valence-electron chi connectivity index (χ1n) is 7.49. The van der Waals surface area contributed by atoms with Gasteiger partial charge < -0.3 is 16.6 Å². The van der Waals surface area contributed by atoms with Crippen LogP contribution in [0.5, 0.6) is 0 Å². The summed E-state index contributed by atoms with van der Waals surface area (Å²) in [5.74, 6) is -0.740. The molecule has 8 heteroatoms. The van der Waals surface area contributed by atoms with Gasteiger partial charge in [0.05, 0.1) is 5.69 Å². The molecule has 2 aromatic rings. The van der Waals surface area contributed by atoms with Gasteiger partial charge in [-0.15, -0.1) is 0 Å². The third-order valence-corrected chi connectivity index (χ3v) is 4.19. The van der Waals surface area contributed by atoms with Crippen LogP contribution in [0.15, 0.2) is 47.4 Å². The summed E-state index contributed by atoms with van der Waals surface area (Å²) in [5, 5.41) is 8.42. The lowest BCUT2D eigenvalue weighted by Crippen LogP contribution is -2.03. The Morgan fingerprint density at radius 2 is 1.68 bits per heavy atom. The van der Waals surface area contributed by atoms with Gasteiger partial charge in [-0.1, -0.05) is 18.2 Å². The first-order chi connectivity index (χ1) is 11.6. The van der Waals surface area contributed by atoms with Crippen LogP contribution in [0.1, 0.15) is 24.0 Å². The summed E-state index contributed by atoms with van der Waals surface area (Å²) in [4.78, 5) is 9.99. The van der Waals surface area contributed by atoms with E-state index in [1.165, 1.54) is 12.1 Å². The molecular formula is C17H22N2O5S. The molecule has 0 spiro atoms. The minimum absolute atomic E-state index is 0.0584. The van der Waals surface area contributed by atoms with Crippen LogP contribution in [0, 0.1) is 6.92 Å². The lowest BCUT2D eigenvalue weighted by Gasteiger charge is -2.02. The second-order valence-electron chi connectivity index (χ2n) is 5.51. The summed E-state index contributed by atoms with van der Waals surface area (Å²) in [6.07, 6.45) is 1.70. The number of aliphatic carboxylic acids is 1. The predicted molar refractivity (Wildman–Crippen MR) is 96.8 cm³/mol. The van der Waals surface area contributed by atoms with E-state index in [9.17, 15) is 13.2 Å². The summed E-state index contributed by atoms with van der Waals surface area (Å²) in [6.45, 7) is 1.72. The predicted octanol–water partition coefficient (Wildman–Crippen LogP) is 2.50. The van der Waals surface area contributed by atoms with Crippen molar-refractivity contribution in [3.05, 3.63) is 53.6 Å². The van der Waals surface area contributed by atoms with E-state index in [-0.39, 0.29) is 17.0 Å². The highest BCUT2D eigenvalue weighted by molar-refractivity contribution is 7.86. The maximum Gasteiger partial charge on any atom is 0.303 e. The molecule has 2 aromatic carbocycles. The molecule has 0 heterocycles. The fourth-order valence-corrected chi connectivity index (χ4v) is 2.69. The highest BCUT2D eigenvalue weighted by Crippen LogP contribution is 2.18. The van der Waals surface area contributed by atoms with Crippen molar-refractivity contribution in [1.29, 1.82) is 0 Å². The molecule has 0 fully saturated rings. The van der Waals surface area contributed by atoms with Gasteiger partial charge in [0.1, 0.15) is 4.90 Å². The Morgan fingerprint density at radius 1 is 1.08 bits per heavy atom. The molecule has 0 radical (unpaired) electrons. The first kappa shape index (κ1) is 20.5. The minimum Gasteiger partial charge on any atom is -0.481 e. The molecule has 6 N–H and O–H groups in total. The summed E-state index contributed by atoms with van der Waals surface area (Å²) >= 11 is 0. The van der Waals surface area contributed by atoms with Crippen LogP contribution < -0.4 is 11.5 Å². The van der Waals surface area contributed by atoms with Gasteiger partial charge >= 0.3 is 5.97 Å². The molecule has 0 bridgehead atoms. The first-order valence-corrected chi connectivity index (χ1v) is 8.93. The molecule has 0 unspecified atom stereocenters. The Labute approximate surface area is 147 Å². The number of benzene rings is 2. The molecule has 2 rings (SSSR count). The molecule has 0 saturated carbocycles. The molecule has 0 aromatic heterocycles. The van der Waals surface area contributed by atoms with Gasteiger partial charge in [0.15, 0.2) is 0 Å². The highest BCUT2D eigenvalue weighted by atomic mass is 32.2. The Balaban J connectivity index is 0.000000251. The van der Waals surface area contributed by atoms with Crippen molar-refractivity contribution < 1.29 is 22.9 Å². The van der Waals surface area contributed by atoms with Crippen LogP contribution in [-0.2, 0) is 21.3 Å². The SMILES string of the molecule is Cc1ccc(N)c(S(=O)(=O)O)c1.Nc1ccc(CCCC(=O)O)cc1. The second kappa shape index (κ2) is 9.05. The van der Waals surface area contributed by atoms with Gasteiger partial charge in [-0.25, -0.2) is 0 Å². The normalized spacial score (nSPS) is 10.6. The topological polar surface area (TPSA) is 144 Å². The molecular weight excluding hydrogens is 344 g/mol. The van der Waals surface area contributed by atoms with Crippen molar-refractivity contribution in [3.8, 4) is 0 Å². The number of anilines is 2. The number of hydrogen-bond acceptors (Lipinski definition) is 5. The number of carboxylic acid groups (broad SMARTS) is 1. The Bertz CT molecular complexity index is 817. The number of aryl methyl sites for hydroxylation is 2. The quantitative estimate of drug-likeness (QED) is 0.470. The molecule has 0 saturated heterocycles. The van der Waals surface area contributed by atoms with Gasteiger partial charge in [0, 0.05) is 12.1 Å². The number of rotatable bonds is 5. The average Bonchev–Trinajstić information content (AvgIpc) is 2.51. The van der Waals surface area contributed by atoms with Gasteiger partial charge in [-0.05, 0) is 55.2 Å². The third-order valence-electron chi connectivity index (χ3n) is 3.28. The molecule has 0 aliphatic carbocycles. The molecule has 25 heavy (non-hydrogen) atoms. The van der Waals surface area contributed by atoms with E-state index >= 15 is 0 Å². The van der Waals surface area contributed by atoms with E-state index in [0.29, 0.717) is 6.42 Å². The van der Waals surface area contributed by atoms with E-state index in [1.54, 1.807) is 13.0 Å². The molecule has 0 aliphatic rings. The van der Waals surface area contributed by atoms with Crippen molar-refractivity contribution in [2.45, 2.75) is 31.1 Å². The second-order valence-corrected chi connectivity index (χ2v) is 6.90. The molecule has 136 valence electrons. The Hall–Kier alpha value is -2.58. The Morgan fingerprint density at radius 3 is 2.16 bits per heavy atom. The van der Waals surface area contributed by atoms with E-state index in [1.807, 2.05) is 24.3 Å². The van der Waals surface area contributed by atoms with Crippen LogP contribution in [0.25, 0.3) is 0 Å². The number of nitrogen functional groups attached to an aromatic ring is 2. The maximum atomic E-state index is 10.7. The lowest BCUT2D eigenvalue weighted by atomic mass is 10.1. The number of carbonyl (C=O) groups is 1. The monoisotopic (exact) mass is 366 g/mol. The van der Waals surface area contributed by atoms with E-state index < -0.39 is 16.1 Å². The van der Waals surface area contributed by atoms with Gasteiger partial charge in [-0.3, -0.25) is 9.35 Å². The number of hydrogen-bond donors (Lipinski definition) is 4. The zero-order valence-corrected chi connectivity index (χ0v) is 14.7. The zero-order valence-electron chi connectivity index (χ0n) is 13.8. The zero-order chi connectivity index (χ0) is 19.0. The molecule has 0 amide bonds. The molecule has 7 nitrogen and oxygen atoms in total. The van der Waals surface area contributed by atoms with Crippen LogP contribution in [-0.4, -0.2) is 24.0 Å². The van der Waals surface area contributed by atoms with Crippen molar-refractivity contribution in [1.82, 2.24) is 0 Å².